The van der Waals surface area contributed by atoms with E-state index in [0.29, 0.717) is 35.4 Å². The first-order valence-corrected chi connectivity index (χ1v) is 15.7. The van der Waals surface area contributed by atoms with E-state index in [1.54, 1.807) is 24.3 Å². The monoisotopic (exact) mass is 627 g/mol. The SMILES string of the molecule is CCOc1ccc(N(CC(=O)N/N=C/c2ccc(OCc3cccc4ccccc34)cc2)S(=O)(=O)c2ccc(Cl)cc2)cc1. The zero-order valence-electron chi connectivity index (χ0n) is 23.9. The van der Waals surface area contributed by atoms with E-state index in [9.17, 15) is 13.2 Å². The molecule has 1 amide bonds. The van der Waals surface area contributed by atoms with E-state index in [2.05, 4.69) is 28.7 Å². The predicted octanol–water partition coefficient (Wildman–Crippen LogP) is 6.82. The molecule has 0 aromatic heterocycles. The van der Waals surface area contributed by atoms with Gasteiger partial charge in [-0.05, 0) is 102 Å². The fraction of sp³-hybridized carbons (Fsp3) is 0.118. The third kappa shape index (κ3) is 7.55. The molecule has 5 aromatic carbocycles. The third-order valence-corrected chi connectivity index (χ3v) is 8.72. The van der Waals surface area contributed by atoms with Gasteiger partial charge in [-0.3, -0.25) is 9.10 Å². The lowest BCUT2D eigenvalue weighted by Crippen LogP contribution is -2.39. The Morgan fingerprint density at radius 3 is 2.23 bits per heavy atom. The van der Waals surface area contributed by atoms with Crippen LogP contribution < -0.4 is 19.2 Å². The third-order valence-electron chi connectivity index (χ3n) is 6.68. The minimum absolute atomic E-state index is 0.00477. The zero-order chi connectivity index (χ0) is 30.9. The van der Waals surface area contributed by atoms with Gasteiger partial charge in [-0.1, -0.05) is 54.1 Å². The second-order valence-corrected chi connectivity index (χ2v) is 12.0. The molecule has 5 aromatic rings. The number of sulfonamides is 1. The van der Waals surface area contributed by atoms with Crippen molar-refractivity contribution in [3.05, 3.63) is 131 Å². The molecule has 0 aliphatic carbocycles. The standard InChI is InChI=1S/C34H30ClN3O5S/c1-2-42-30-18-14-29(15-19-30)38(44(40,41)32-20-12-28(35)13-21-32)23-34(39)37-36-22-25-10-16-31(17-11-25)43-24-27-8-5-7-26-6-3-4-9-33(26)27/h3-22H,2,23-24H2,1H3,(H,37,39)/b36-22+. The van der Waals surface area contributed by atoms with E-state index < -0.39 is 22.5 Å². The normalized spacial score (nSPS) is 11.4. The fourth-order valence-electron chi connectivity index (χ4n) is 4.50. The highest BCUT2D eigenvalue weighted by Crippen LogP contribution is 2.27. The molecule has 0 spiro atoms. The molecule has 0 saturated carbocycles. The van der Waals surface area contributed by atoms with Gasteiger partial charge in [-0.15, -0.1) is 0 Å². The molecular formula is C34H30ClN3O5S. The van der Waals surface area contributed by atoms with E-state index in [-0.39, 0.29) is 4.90 Å². The average molecular weight is 628 g/mol. The molecule has 0 saturated heterocycles. The van der Waals surface area contributed by atoms with Crippen LogP contribution in [-0.2, 0) is 21.4 Å². The van der Waals surface area contributed by atoms with Gasteiger partial charge in [0.1, 0.15) is 24.7 Å². The maximum Gasteiger partial charge on any atom is 0.264 e. The number of benzene rings is 5. The smallest absolute Gasteiger partial charge is 0.264 e. The molecule has 44 heavy (non-hydrogen) atoms. The van der Waals surface area contributed by atoms with Crippen LogP contribution in [-0.4, -0.2) is 33.7 Å². The van der Waals surface area contributed by atoms with Gasteiger partial charge in [0.05, 0.1) is 23.4 Å². The van der Waals surface area contributed by atoms with Crippen molar-refractivity contribution < 1.29 is 22.7 Å². The van der Waals surface area contributed by atoms with Crippen molar-refractivity contribution in [2.75, 3.05) is 17.5 Å². The number of carbonyl (C=O) groups excluding carboxylic acids is 1. The van der Waals surface area contributed by atoms with Crippen LogP contribution in [0.15, 0.2) is 125 Å². The summed E-state index contributed by atoms with van der Waals surface area (Å²) in [5.74, 6) is 0.652. The van der Waals surface area contributed by atoms with Crippen molar-refractivity contribution in [1.82, 2.24) is 5.43 Å². The van der Waals surface area contributed by atoms with E-state index in [4.69, 9.17) is 21.1 Å². The number of hydrazone groups is 1. The summed E-state index contributed by atoms with van der Waals surface area (Å²) in [6, 6.07) is 33.8. The van der Waals surface area contributed by atoms with Crippen molar-refractivity contribution in [3.8, 4) is 11.5 Å². The minimum Gasteiger partial charge on any atom is -0.494 e. The number of hydrogen-bond donors (Lipinski definition) is 1. The van der Waals surface area contributed by atoms with E-state index >= 15 is 0 Å². The lowest BCUT2D eigenvalue weighted by Gasteiger charge is -2.24. The van der Waals surface area contributed by atoms with Crippen molar-refractivity contribution >= 4 is 50.2 Å². The summed E-state index contributed by atoms with van der Waals surface area (Å²) in [7, 11) is -4.10. The quantitative estimate of drug-likeness (QED) is 0.121. The number of ether oxygens (including phenoxy) is 2. The molecule has 0 unspecified atom stereocenters. The Morgan fingerprint density at radius 1 is 0.841 bits per heavy atom. The van der Waals surface area contributed by atoms with Gasteiger partial charge < -0.3 is 9.47 Å². The molecule has 5 rings (SSSR count). The van der Waals surface area contributed by atoms with Gasteiger partial charge in [0.2, 0.25) is 0 Å². The molecule has 0 heterocycles. The van der Waals surface area contributed by atoms with Crippen molar-refractivity contribution in [2.45, 2.75) is 18.4 Å². The summed E-state index contributed by atoms with van der Waals surface area (Å²) in [5, 5.41) is 6.73. The van der Waals surface area contributed by atoms with Crippen molar-refractivity contribution in [2.24, 2.45) is 5.10 Å². The Morgan fingerprint density at radius 2 is 1.50 bits per heavy atom. The van der Waals surface area contributed by atoms with Crippen molar-refractivity contribution in [3.63, 3.8) is 0 Å². The van der Waals surface area contributed by atoms with E-state index in [1.807, 2.05) is 55.5 Å². The molecule has 0 atom stereocenters. The first-order chi connectivity index (χ1) is 21.3. The van der Waals surface area contributed by atoms with Crippen LogP contribution in [0.3, 0.4) is 0 Å². The maximum absolute atomic E-state index is 13.5. The second-order valence-electron chi connectivity index (χ2n) is 9.68. The van der Waals surface area contributed by atoms with Gasteiger partial charge in [-0.25, -0.2) is 13.8 Å². The van der Waals surface area contributed by atoms with Crippen LogP contribution in [0.25, 0.3) is 10.8 Å². The number of anilines is 1. The van der Waals surface area contributed by atoms with Gasteiger partial charge in [0, 0.05) is 5.02 Å². The molecule has 0 radical (unpaired) electrons. The summed E-state index contributed by atoms with van der Waals surface area (Å²) < 4.78 is 39.6. The van der Waals surface area contributed by atoms with Crippen LogP contribution in [0.4, 0.5) is 5.69 Å². The Hall–Kier alpha value is -4.86. The number of fused-ring (bicyclic) bond motifs is 1. The van der Waals surface area contributed by atoms with Crippen LogP contribution >= 0.6 is 11.6 Å². The maximum atomic E-state index is 13.5. The van der Waals surface area contributed by atoms with Crippen LogP contribution in [0, 0.1) is 0 Å². The van der Waals surface area contributed by atoms with Crippen LogP contribution in [0.2, 0.25) is 5.02 Å². The minimum atomic E-state index is -4.10. The molecule has 10 heteroatoms. The first-order valence-electron chi connectivity index (χ1n) is 13.9. The predicted molar refractivity (Wildman–Crippen MR) is 174 cm³/mol. The lowest BCUT2D eigenvalue weighted by molar-refractivity contribution is -0.119. The summed E-state index contributed by atoms with van der Waals surface area (Å²) in [6.07, 6.45) is 1.47. The average Bonchev–Trinajstić information content (AvgIpc) is 3.04. The van der Waals surface area contributed by atoms with Gasteiger partial charge in [0.25, 0.3) is 15.9 Å². The Kier molecular flexibility index (Phi) is 9.79. The molecule has 8 nitrogen and oxygen atoms in total. The zero-order valence-corrected chi connectivity index (χ0v) is 25.5. The van der Waals surface area contributed by atoms with E-state index in [1.165, 1.54) is 30.5 Å². The molecule has 0 bridgehead atoms. The van der Waals surface area contributed by atoms with Gasteiger partial charge >= 0.3 is 0 Å². The highest BCUT2D eigenvalue weighted by atomic mass is 35.5. The molecule has 0 aliphatic heterocycles. The Balaban J connectivity index is 1.23. The van der Waals surface area contributed by atoms with Gasteiger partial charge in [0.15, 0.2) is 0 Å². The summed E-state index contributed by atoms with van der Waals surface area (Å²) in [5.41, 5.74) is 4.53. The molecule has 1 N–H and O–H groups in total. The van der Waals surface area contributed by atoms with Gasteiger partial charge in [-0.2, -0.15) is 5.10 Å². The fourth-order valence-corrected chi connectivity index (χ4v) is 6.05. The van der Waals surface area contributed by atoms with E-state index in [0.717, 1.165) is 26.2 Å². The number of nitrogens with one attached hydrogen (secondary N) is 1. The number of nitrogens with zero attached hydrogens (tertiary/aromatic N) is 2. The molecule has 0 fully saturated rings. The van der Waals surface area contributed by atoms with Crippen molar-refractivity contribution in [1.29, 1.82) is 0 Å². The van der Waals surface area contributed by atoms with Crippen LogP contribution in [0.5, 0.6) is 11.5 Å². The highest BCUT2D eigenvalue weighted by Gasteiger charge is 2.27. The van der Waals surface area contributed by atoms with Crippen LogP contribution in [0.1, 0.15) is 18.1 Å². The summed E-state index contributed by atoms with van der Waals surface area (Å²) in [4.78, 5) is 12.9. The first kappa shape index (κ1) is 30.6. The number of carbonyl (C=O) groups is 1. The highest BCUT2D eigenvalue weighted by molar-refractivity contribution is 7.92. The molecule has 224 valence electrons. The second kappa shape index (κ2) is 14.1. The summed E-state index contributed by atoms with van der Waals surface area (Å²) >= 11 is 5.96. The Bertz CT molecular complexity index is 1860. The largest absolute Gasteiger partial charge is 0.494 e. The lowest BCUT2D eigenvalue weighted by atomic mass is 10.1. The molecular weight excluding hydrogens is 598 g/mol. The molecule has 0 aliphatic rings. The summed E-state index contributed by atoms with van der Waals surface area (Å²) in [6.45, 7) is 2.24. The topological polar surface area (TPSA) is 97.3 Å². The number of amides is 1. The number of halogens is 1. The number of hydrogen-bond acceptors (Lipinski definition) is 6. The number of rotatable bonds is 12. The Labute approximate surface area is 261 Å².